The summed E-state index contributed by atoms with van der Waals surface area (Å²) in [6, 6.07) is 4.62. The van der Waals surface area contributed by atoms with Crippen LogP contribution in [-0.2, 0) is 0 Å². The van der Waals surface area contributed by atoms with Crippen LogP contribution in [0, 0.1) is 0 Å². The largest absolute Gasteiger partial charge is 0.382 e. The van der Waals surface area contributed by atoms with Gasteiger partial charge in [0.1, 0.15) is 0 Å². The van der Waals surface area contributed by atoms with Gasteiger partial charge in [0.2, 0.25) is 0 Å². The van der Waals surface area contributed by atoms with Crippen LogP contribution >= 0.6 is 0 Å². The van der Waals surface area contributed by atoms with Crippen LogP contribution in [0.1, 0.15) is 12.0 Å². The Labute approximate surface area is 75.0 Å². The van der Waals surface area contributed by atoms with Gasteiger partial charge in [0.25, 0.3) is 6.43 Å². The standard InChI is InChI=1S/C9H10F2N2/c10-9(11)6-1-2-7-8(5-6)13-4-3-12-7/h1-2,5,9,12-13H,3-4H2. The monoisotopic (exact) mass is 184 g/mol. The molecule has 1 aliphatic heterocycles. The van der Waals surface area contributed by atoms with Crippen molar-refractivity contribution in [2.75, 3.05) is 23.7 Å². The Hall–Kier alpha value is -1.32. The second-order valence-electron chi connectivity index (χ2n) is 2.96. The second-order valence-corrected chi connectivity index (χ2v) is 2.96. The van der Waals surface area contributed by atoms with Crippen molar-refractivity contribution in [3.63, 3.8) is 0 Å². The van der Waals surface area contributed by atoms with Crippen LogP contribution in [0.5, 0.6) is 0 Å². The Balaban J connectivity index is 2.35. The highest BCUT2D eigenvalue weighted by atomic mass is 19.3. The fourth-order valence-corrected chi connectivity index (χ4v) is 1.39. The summed E-state index contributed by atoms with van der Waals surface area (Å²) in [6.07, 6.45) is -2.39. The molecule has 1 aromatic rings. The van der Waals surface area contributed by atoms with Crippen molar-refractivity contribution in [2.45, 2.75) is 6.43 Å². The van der Waals surface area contributed by atoms with Crippen LogP contribution in [0.15, 0.2) is 18.2 Å². The van der Waals surface area contributed by atoms with E-state index in [9.17, 15) is 8.78 Å². The van der Waals surface area contributed by atoms with Gasteiger partial charge in [0.15, 0.2) is 0 Å². The topological polar surface area (TPSA) is 24.1 Å². The molecule has 2 rings (SSSR count). The van der Waals surface area contributed by atoms with Gasteiger partial charge in [0, 0.05) is 18.7 Å². The van der Waals surface area contributed by atoms with Gasteiger partial charge in [0.05, 0.1) is 11.4 Å². The minimum atomic E-state index is -2.39. The quantitative estimate of drug-likeness (QED) is 0.700. The van der Waals surface area contributed by atoms with Crippen LogP contribution in [0.4, 0.5) is 20.2 Å². The number of fused-ring (bicyclic) bond motifs is 1. The van der Waals surface area contributed by atoms with Crippen LogP contribution in [-0.4, -0.2) is 13.1 Å². The van der Waals surface area contributed by atoms with E-state index >= 15 is 0 Å². The molecule has 4 heteroatoms. The molecule has 0 fully saturated rings. The molecule has 0 saturated heterocycles. The highest BCUT2D eigenvalue weighted by Gasteiger charge is 2.12. The molecule has 70 valence electrons. The van der Waals surface area contributed by atoms with Crippen molar-refractivity contribution in [3.8, 4) is 0 Å². The van der Waals surface area contributed by atoms with E-state index in [1.807, 2.05) is 0 Å². The Bertz CT molecular complexity index is 312. The van der Waals surface area contributed by atoms with Gasteiger partial charge >= 0.3 is 0 Å². The zero-order valence-electron chi connectivity index (χ0n) is 6.98. The molecule has 13 heavy (non-hydrogen) atoms. The van der Waals surface area contributed by atoms with Gasteiger partial charge in [-0.2, -0.15) is 0 Å². The van der Waals surface area contributed by atoms with Crippen molar-refractivity contribution < 1.29 is 8.78 Å². The Morgan fingerprint density at radius 3 is 2.46 bits per heavy atom. The van der Waals surface area contributed by atoms with Crippen LogP contribution in [0.3, 0.4) is 0 Å². The molecule has 0 bridgehead atoms. The van der Waals surface area contributed by atoms with Gasteiger partial charge in [-0.3, -0.25) is 0 Å². The van der Waals surface area contributed by atoms with Gasteiger partial charge in [-0.1, -0.05) is 6.07 Å². The Morgan fingerprint density at radius 2 is 1.77 bits per heavy atom. The number of alkyl halides is 2. The molecule has 0 spiro atoms. The first-order chi connectivity index (χ1) is 6.27. The van der Waals surface area contributed by atoms with Crippen molar-refractivity contribution in [1.29, 1.82) is 0 Å². The van der Waals surface area contributed by atoms with Crippen molar-refractivity contribution in [3.05, 3.63) is 23.8 Å². The maximum atomic E-state index is 12.3. The fourth-order valence-electron chi connectivity index (χ4n) is 1.39. The lowest BCUT2D eigenvalue weighted by Crippen LogP contribution is -2.20. The number of rotatable bonds is 1. The average Bonchev–Trinajstić information content (AvgIpc) is 2.17. The molecular weight excluding hydrogens is 174 g/mol. The lowest BCUT2D eigenvalue weighted by Gasteiger charge is -2.20. The molecule has 0 atom stereocenters. The predicted octanol–water partition coefficient (Wildman–Crippen LogP) is 2.46. The molecule has 0 aromatic heterocycles. The summed E-state index contributed by atoms with van der Waals surface area (Å²) in [5.74, 6) is 0. The van der Waals surface area contributed by atoms with Gasteiger partial charge in [-0.05, 0) is 12.1 Å². The number of halogens is 2. The number of anilines is 2. The molecule has 0 radical (unpaired) electrons. The van der Waals surface area contributed by atoms with Crippen LogP contribution in [0.2, 0.25) is 0 Å². The molecule has 0 amide bonds. The van der Waals surface area contributed by atoms with E-state index < -0.39 is 6.43 Å². The molecule has 2 N–H and O–H groups in total. The minimum absolute atomic E-state index is 0.0648. The average molecular weight is 184 g/mol. The Morgan fingerprint density at radius 1 is 1.08 bits per heavy atom. The second kappa shape index (κ2) is 3.20. The molecule has 0 aliphatic carbocycles. The van der Waals surface area contributed by atoms with E-state index in [0.29, 0.717) is 0 Å². The summed E-state index contributed by atoms with van der Waals surface area (Å²) in [5.41, 5.74) is 1.73. The van der Waals surface area contributed by atoms with Crippen molar-refractivity contribution >= 4 is 11.4 Å². The normalized spacial score (nSPS) is 14.7. The van der Waals surface area contributed by atoms with E-state index in [2.05, 4.69) is 10.6 Å². The third kappa shape index (κ3) is 1.56. The SMILES string of the molecule is FC(F)c1ccc2c(c1)NCCN2. The molecule has 1 heterocycles. The summed E-state index contributed by atoms with van der Waals surface area (Å²) >= 11 is 0. The first-order valence-electron chi connectivity index (χ1n) is 4.17. The van der Waals surface area contributed by atoms with E-state index in [0.717, 1.165) is 24.5 Å². The van der Waals surface area contributed by atoms with Gasteiger partial charge in [-0.15, -0.1) is 0 Å². The van der Waals surface area contributed by atoms with Gasteiger partial charge in [-0.25, -0.2) is 8.78 Å². The van der Waals surface area contributed by atoms with Crippen LogP contribution < -0.4 is 10.6 Å². The summed E-state index contributed by atoms with van der Waals surface area (Å²) in [7, 11) is 0. The highest BCUT2D eigenvalue weighted by molar-refractivity contribution is 5.71. The first kappa shape index (κ1) is 8.29. The fraction of sp³-hybridized carbons (Fsp3) is 0.333. The third-order valence-electron chi connectivity index (χ3n) is 2.05. The lowest BCUT2D eigenvalue weighted by atomic mass is 10.1. The number of hydrogen-bond acceptors (Lipinski definition) is 2. The molecular formula is C9H10F2N2. The Kier molecular flexibility index (Phi) is 2.04. The summed E-state index contributed by atoms with van der Waals surface area (Å²) in [5, 5.41) is 6.18. The molecule has 1 aromatic carbocycles. The first-order valence-corrected chi connectivity index (χ1v) is 4.17. The number of nitrogens with one attached hydrogen (secondary N) is 2. The zero-order chi connectivity index (χ0) is 9.26. The lowest BCUT2D eigenvalue weighted by molar-refractivity contribution is 0.151. The molecule has 2 nitrogen and oxygen atoms in total. The predicted molar refractivity (Wildman–Crippen MR) is 48.4 cm³/mol. The van der Waals surface area contributed by atoms with Crippen LogP contribution in [0.25, 0.3) is 0 Å². The minimum Gasteiger partial charge on any atom is -0.382 e. The summed E-state index contributed by atoms with van der Waals surface area (Å²) in [4.78, 5) is 0. The number of hydrogen-bond donors (Lipinski definition) is 2. The summed E-state index contributed by atoms with van der Waals surface area (Å²) in [6.45, 7) is 1.61. The van der Waals surface area contributed by atoms with E-state index in [-0.39, 0.29) is 5.56 Å². The molecule has 0 saturated carbocycles. The van der Waals surface area contributed by atoms with Crippen molar-refractivity contribution in [1.82, 2.24) is 0 Å². The zero-order valence-corrected chi connectivity index (χ0v) is 6.98. The smallest absolute Gasteiger partial charge is 0.263 e. The van der Waals surface area contributed by atoms with Crippen molar-refractivity contribution in [2.24, 2.45) is 0 Å². The van der Waals surface area contributed by atoms with E-state index in [4.69, 9.17) is 0 Å². The third-order valence-corrected chi connectivity index (χ3v) is 2.05. The van der Waals surface area contributed by atoms with E-state index in [1.54, 1.807) is 6.07 Å². The van der Waals surface area contributed by atoms with Gasteiger partial charge < -0.3 is 10.6 Å². The highest BCUT2D eigenvalue weighted by Crippen LogP contribution is 2.29. The maximum absolute atomic E-state index is 12.3. The van der Waals surface area contributed by atoms with E-state index in [1.165, 1.54) is 12.1 Å². The maximum Gasteiger partial charge on any atom is 0.263 e. The molecule has 1 aliphatic rings. The number of benzene rings is 1. The summed E-state index contributed by atoms with van der Waals surface area (Å²) < 4.78 is 24.6. The molecule has 0 unspecified atom stereocenters.